The first kappa shape index (κ1) is 19.2. The smallest absolute Gasteiger partial charge is 0.307 e. The lowest BCUT2D eigenvalue weighted by molar-refractivity contribution is -0.142. The minimum absolute atomic E-state index is 0.0456. The van der Waals surface area contributed by atoms with Gasteiger partial charge in [0, 0.05) is 11.6 Å². The van der Waals surface area contributed by atoms with Gasteiger partial charge in [-0.25, -0.2) is 13.1 Å². The van der Waals surface area contributed by atoms with E-state index in [2.05, 4.69) is 4.72 Å². The summed E-state index contributed by atoms with van der Waals surface area (Å²) in [6, 6.07) is 15.5. The highest BCUT2D eigenvalue weighted by Gasteiger charge is 2.14. The van der Waals surface area contributed by atoms with Crippen LogP contribution in [0.25, 0.3) is 6.08 Å². The molecule has 0 bridgehead atoms. The Morgan fingerprint density at radius 3 is 2.60 bits per heavy atom. The molecule has 0 aliphatic rings. The monoisotopic (exact) mass is 379 g/mol. The van der Waals surface area contributed by atoms with Crippen molar-refractivity contribution in [1.29, 1.82) is 0 Å². The highest BCUT2D eigenvalue weighted by Crippen LogP contribution is 2.15. The van der Waals surface area contributed by atoms with Gasteiger partial charge in [0.1, 0.15) is 6.61 Å². The molecular weight excluding hydrogens is 362 g/mol. The van der Waals surface area contributed by atoms with Crippen LogP contribution in [0.1, 0.15) is 12.0 Å². The van der Waals surface area contributed by atoms with E-state index in [4.69, 9.17) is 16.3 Å². The second-order valence-corrected chi connectivity index (χ2v) is 7.30. The average molecular weight is 380 g/mol. The molecular formula is C18H18ClNO4S. The van der Waals surface area contributed by atoms with Crippen LogP contribution in [0.3, 0.4) is 0 Å². The molecule has 0 unspecified atom stereocenters. The van der Waals surface area contributed by atoms with Crippen LogP contribution in [-0.2, 0) is 19.6 Å². The molecule has 0 saturated carbocycles. The molecule has 0 aliphatic heterocycles. The maximum Gasteiger partial charge on any atom is 0.307 e. The van der Waals surface area contributed by atoms with Crippen molar-refractivity contribution in [1.82, 2.24) is 4.72 Å². The van der Waals surface area contributed by atoms with E-state index >= 15 is 0 Å². The number of esters is 1. The number of halogens is 1. The second kappa shape index (κ2) is 9.36. The van der Waals surface area contributed by atoms with Gasteiger partial charge >= 0.3 is 5.97 Å². The number of sulfonamides is 1. The molecule has 1 N–H and O–H groups in total. The quantitative estimate of drug-likeness (QED) is 0.714. The fourth-order valence-corrected chi connectivity index (χ4v) is 3.30. The minimum atomic E-state index is -3.70. The molecule has 7 heteroatoms. The molecule has 0 aromatic heterocycles. The Labute approximate surface area is 152 Å². The van der Waals surface area contributed by atoms with Gasteiger partial charge in [-0.3, -0.25) is 4.79 Å². The number of hydrogen-bond donors (Lipinski definition) is 1. The number of carbonyl (C=O) groups excluding carboxylic acids is 1. The summed E-state index contributed by atoms with van der Waals surface area (Å²) in [6.07, 6.45) is 3.51. The van der Waals surface area contributed by atoms with Gasteiger partial charge < -0.3 is 4.74 Å². The van der Waals surface area contributed by atoms with E-state index in [0.29, 0.717) is 5.02 Å². The lowest BCUT2D eigenvalue weighted by atomic mass is 10.2. The zero-order valence-corrected chi connectivity index (χ0v) is 15.0. The molecule has 0 heterocycles. The first-order chi connectivity index (χ1) is 12.0. The summed E-state index contributed by atoms with van der Waals surface area (Å²) in [4.78, 5) is 11.7. The third kappa shape index (κ3) is 6.70. The molecule has 2 aromatic rings. The van der Waals surface area contributed by atoms with Gasteiger partial charge in [-0.2, -0.15) is 0 Å². The Morgan fingerprint density at radius 2 is 1.88 bits per heavy atom. The van der Waals surface area contributed by atoms with Gasteiger partial charge in [-0.1, -0.05) is 54.1 Å². The van der Waals surface area contributed by atoms with Crippen molar-refractivity contribution >= 4 is 33.7 Å². The van der Waals surface area contributed by atoms with Crippen LogP contribution < -0.4 is 4.72 Å². The number of nitrogens with one attached hydrogen (secondary N) is 1. The lowest BCUT2D eigenvalue weighted by Crippen LogP contribution is -2.26. The summed E-state index contributed by atoms with van der Waals surface area (Å²) in [6.45, 7) is 0.0881. The number of carbonyl (C=O) groups is 1. The topological polar surface area (TPSA) is 72.5 Å². The molecule has 132 valence electrons. The van der Waals surface area contributed by atoms with Gasteiger partial charge in [0.05, 0.1) is 11.3 Å². The Kier molecular flexibility index (Phi) is 7.18. The van der Waals surface area contributed by atoms with Crippen molar-refractivity contribution in [2.45, 2.75) is 11.3 Å². The second-order valence-electron chi connectivity index (χ2n) is 5.10. The van der Waals surface area contributed by atoms with E-state index in [-0.39, 0.29) is 24.5 Å². The highest BCUT2D eigenvalue weighted by molar-refractivity contribution is 7.89. The first-order valence-corrected chi connectivity index (χ1v) is 9.46. The maximum absolute atomic E-state index is 12.1. The third-order valence-electron chi connectivity index (χ3n) is 3.18. The summed E-state index contributed by atoms with van der Waals surface area (Å²) in [5.74, 6) is -0.480. The highest BCUT2D eigenvalue weighted by atomic mass is 35.5. The SMILES string of the molecule is O=C(CCNS(=O)(=O)c1cccc(Cl)c1)OC/C=C/c1ccccc1. The Balaban J connectivity index is 1.72. The number of benzene rings is 2. The third-order valence-corrected chi connectivity index (χ3v) is 4.87. The van der Waals surface area contributed by atoms with Crippen molar-refractivity contribution in [3.8, 4) is 0 Å². The van der Waals surface area contributed by atoms with Gasteiger partial charge in [0.25, 0.3) is 0 Å². The van der Waals surface area contributed by atoms with E-state index in [1.165, 1.54) is 12.1 Å². The summed E-state index contributed by atoms with van der Waals surface area (Å²) < 4.78 is 31.5. The molecule has 0 aliphatic carbocycles. The molecule has 0 radical (unpaired) electrons. The largest absolute Gasteiger partial charge is 0.461 e. The Hall–Kier alpha value is -2.15. The Morgan fingerprint density at radius 1 is 1.12 bits per heavy atom. The van der Waals surface area contributed by atoms with E-state index in [1.54, 1.807) is 18.2 Å². The summed E-state index contributed by atoms with van der Waals surface area (Å²) >= 11 is 5.78. The van der Waals surface area contributed by atoms with E-state index in [0.717, 1.165) is 5.56 Å². The van der Waals surface area contributed by atoms with Crippen molar-refractivity contribution in [2.75, 3.05) is 13.2 Å². The van der Waals surface area contributed by atoms with Crippen molar-refractivity contribution in [3.05, 3.63) is 71.3 Å². The van der Waals surface area contributed by atoms with Crippen molar-refractivity contribution in [3.63, 3.8) is 0 Å². The lowest BCUT2D eigenvalue weighted by Gasteiger charge is -2.07. The van der Waals surface area contributed by atoms with Gasteiger partial charge in [0.15, 0.2) is 0 Å². The van der Waals surface area contributed by atoms with Crippen molar-refractivity contribution in [2.24, 2.45) is 0 Å². The maximum atomic E-state index is 12.1. The molecule has 0 atom stereocenters. The Bertz CT molecular complexity index is 835. The summed E-state index contributed by atoms with van der Waals surface area (Å²) in [5.41, 5.74) is 1.01. The summed E-state index contributed by atoms with van der Waals surface area (Å²) in [5, 5.41) is 0.326. The predicted octanol–water partition coefficient (Wildman–Crippen LogP) is 3.27. The van der Waals surface area contributed by atoms with Crippen LogP contribution in [0.4, 0.5) is 0 Å². The van der Waals surface area contributed by atoms with Gasteiger partial charge in [-0.05, 0) is 29.8 Å². The zero-order chi connectivity index (χ0) is 18.1. The van der Waals surface area contributed by atoms with E-state index in [1.807, 2.05) is 36.4 Å². The fraction of sp³-hybridized carbons (Fsp3) is 0.167. The molecule has 2 rings (SSSR count). The predicted molar refractivity (Wildman–Crippen MR) is 97.7 cm³/mol. The molecule has 0 saturated heterocycles. The van der Waals surface area contributed by atoms with Crippen LogP contribution in [-0.4, -0.2) is 27.5 Å². The van der Waals surface area contributed by atoms with Crippen LogP contribution in [0, 0.1) is 0 Å². The fourth-order valence-electron chi connectivity index (χ4n) is 1.97. The van der Waals surface area contributed by atoms with Crippen LogP contribution in [0.2, 0.25) is 5.02 Å². The number of ether oxygens (including phenoxy) is 1. The first-order valence-electron chi connectivity index (χ1n) is 7.60. The minimum Gasteiger partial charge on any atom is -0.461 e. The van der Waals surface area contributed by atoms with Crippen molar-refractivity contribution < 1.29 is 17.9 Å². The molecule has 0 amide bonds. The molecule has 0 fully saturated rings. The van der Waals surface area contributed by atoms with Crippen LogP contribution >= 0.6 is 11.6 Å². The molecule has 5 nitrogen and oxygen atoms in total. The molecule has 0 spiro atoms. The number of rotatable bonds is 8. The molecule has 25 heavy (non-hydrogen) atoms. The summed E-state index contributed by atoms with van der Waals surface area (Å²) in [7, 11) is -3.70. The van der Waals surface area contributed by atoms with E-state index in [9.17, 15) is 13.2 Å². The molecule has 2 aromatic carbocycles. The van der Waals surface area contributed by atoms with Crippen LogP contribution in [0.5, 0.6) is 0 Å². The van der Waals surface area contributed by atoms with Crippen LogP contribution in [0.15, 0.2) is 65.6 Å². The number of hydrogen-bond acceptors (Lipinski definition) is 4. The standard InChI is InChI=1S/C18H18ClNO4S/c19-16-9-4-10-17(14-16)25(22,23)20-12-11-18(21)24-13-5-8-15-6-2-1-3-7-15/h1-10,14,20H,11-13H2/b8-5+. The van der Waals surface area contributed by atoms with E-state index < -0.39 is 16.0 Å². The average Bonchev–Trinajstić information content (AvgIpc) is 2.59. The van der Waals surface area contributed by atoms with Gasteiger partial charge in [0.2, 0.25) is 10.0 Å². The van der Waals surface area contributed by atoms with Gasteiger partial charge in [-0.15, -0.1) is 0 Å². The normalized spacial score (nSPS) is 11.6. The zero-order valence-electron chi connectivity index (χ0n) is 13.4.